The summed E-state index contributed by atoms with van der Waals surface area (Å²) >= 11 is 0. The molecule has 10 amide bonds. The molecule has 1 aliphatic heterocycles. The first-order chi connectivity index (χ1) is 31.5. The molecule has 1 rings (SSSR count). The van der Waals surface area contributed by atoms with Crippen LogP contribution in [0.1, 0.15) is 99.3 Å². The summed E-state index contributed by atoms with van der Waals surface area (Å²) in [7, 11) is 0. The normalized spacial score (nSPS) is 17.4. The molecular formula is C41H69N11O16. The Hall–Kier alpha value is -6.48. The standard InChI is InChI=1S/C41H69N11O16/c1-18(2)14-24(36(62)51-33(21(6)54)41(67)68)48-38(64)27-8-7-13-52(27)40(66)26(15-19(3)4)49-39(65)32(20(5)53)50-37(63)25(16-31(58)59)46-30(57)17-45-35(61)23(10-12-29(44)56)47-34(60)22(42)9-11-28(43)55/h18-27,32-33,53-54H,7-17,42H2,1-6H3,(H2,43,55)(H2,44,56)(H,45,61)(H,46,57)(H,47,60)(H,48,64)(H,49,65)(H,50,63)(H,51,62)(H,58,59)(H,67,68)/t20-,21-,22+,23+,24+,25+,26+,27+,32+,33+/m1/s1. The van der Waals surface area contributed by atoms with Gasteiger partial charge in [-0.25, -0.2) is 4.79 Å². The van der Waals surface area contributed by atoms with Crippen LogP contribution >= 0.6 is 0 Å². The van der Waals surface area contributed by atoms with Crippen LogP contribution in [-0.4, -0.2) is 170 Å². The number of nitrogens with zero attached hydrogens (tertiary/aromatic N) is 1. The highest BCUT2D eigenvalue weighted by Gasteiger charge is 2.41. The van der Waals surface area contributed by atoms with Crippen molar-refractivity contribution in [3.05, 3.63) is 0 Å². The van der Waals surface area contributed by atoms with Crippen molar-refractivity contribution < 1.29 is 78.0 Å². The molecule has 1 saturated heterocycles. The lowest BCUT2D eigenvalue weighted by Gasteiger charge is -2.32. The number of hydrogen-bond acceptors (Lipinski definition) is 15. The largest absolute Gasteiger partial charge is 0.481 e. The zero-order valence-electron chi connectivity index (χ0n) is 39.1. The Labute approximate surface area is 392 Å². The van der Waals surface area contributed by atoms with Crippen LogP contribution in [0.15, 0.2) is 0 Å². The summed E-state index contributed by atoms with van der Waals surface area (Å²) in [6.07, 6.45) is -4.84. The van der Waals surface area contributed by atoms with Crippen molar-refractivity contribution in [1.29, 1.82) is 0 Å². The maximum Gasteiger partial charge on any atom is 0.328 e. The van der Waals surface area contributed by atoms with Gasteiger partial charge in [0, 0.05) is 19.4 Å². The molecule has 1 fully saturated rings. The van der Waals surface area contributed by atoms with E-state index in [1.807, 2.05) is 0 Å². The Kier molecular flexibility index (Phi) is 25.1. The van der Waals surface area contributed by atoms with Gasteiger partial charge in [-0.05, 0) is 64.2 Å². The third kappa shape index (κ3) is 21.0. The van der Waals surface area contributed by atoms with Gasteiger partial charge in [0.15, 0.2) is 6.04 Å². The summed E-state index contributed by atoms with van der Waals surface area (Å²) in [5, 5.41) is 55.5. The molecule has 1 aliphatic rings. The Morgan fingerprint density at radius 1 is 0.603 bits per heavy atom. The Morgan fingerprint density at radius 2 is 1.12 bits per heavy atom. The molecule has 0 saturated carbocycles. The van der Waals surface area contributed by atoms with Gasteiger partial charge in [0.05, 0.1) is 31.2 Å². The molecule has 0 unspecified atom stereocenters. The van der Waals surface area contributed by atoms with Crippen LogP contribution in [0.2, 0.25) is 0 Å². The monoisotopic (exact) mass is 971 g/mol. The van der Waals surface area contributed by atoms with E-state index in [2.05, 4.69) is 37.2 Å². The van der Waals surface area contributed by atoms with Gasteiger partial charge in [0.25, 0.3) is 0 Å². The number of carbonyl (C=O) groups is 12. The number of nitrogens with one attached hydrogen (secondary N) is 7. The highest BCUT2D eigenvalue weighted by molar-refractivity contribution is 5.98. The number of primary amides is 2. The van der Waals surface area contributed by atoms with Crippen LogP contribution in [0.4, 0.5) is 0 Å². The number of carboxylic acid groups (broad SMARTS) is 2. The Morgan fingerprint density at radius 3 is 1.63 bits per heavy atom. The van der Waals surface area contributed by atoms with Crippen LogP contribution in [0, 0.1) is 11.8 Å². The highest BCUT2D eigenvalue weighted by atomic mass is 16.4. The molecule has 0 aliphatic carbocycles. The summed E-state index contributed by atoms with van der Waals surface area (Å²) < 4.78 is 0. The van der Waals surface area contributed by atoms with E-state index in [1.165, 1.54) is 11.8 Å². The van der Waals surface area contributed by atoms with E-state index in [9.17, 15) is 78.0 Å². The third-order valence-corrected chi connectivity index (χ3v) is 10.4. The van der Waals surface area contributed by atoms with Gasteiger partial charge < -0.3 is 79.7 Å². The van der Waals surface area contributed by atoms with Crippen molar-refractivity contribution in [1.82, 2.24) is 42.1 Å². The summed E-state index contributed by atoms with van der Waals surface area (Å²) in [5.41, 5.74) is 16.0. The lowest BCUT2D eigenvalue weighted by Crippen LogP contribution is -2.61. The molecule has 68 heavy (non-hydrogen) atoms. The van der Waals surface area contributed by atoms with E-state index in [0.717, 1.165) is 6.92 Å². The highest BCUT2D eigenvalue weighted by Crippen LogP contribution is 2.21. The first-order valence-electron chi connectivity index (χ1n) is 22.1. The van der Waals surface area contributed by atoms with E-state index in [4.69, 9.17) is 17.2 Å². The topological polar surface area (TPSA) is 451 Å². The number of hydrogen-bond donors (Lipinski definition) is 14. The number of nitrogens with two attached hydrogens (primary N) is 3. The molecule has 384 valence electrons. The maximum absolute atomic E-state index is 14.1. The summed E-state index contributed by atoms with van der Waals surface area (Å²) in [6.45, 7) is 8.38. The molecule has 0 aromatic heterocycles. The Balaban J connectivity index is 3.21. The molecule has 0 aromatic carbocycles. The number of aliphatic carboxylic acids is 2. The minimum Gasteiger partial charge on any atom is -0.481 e. The molecule has 0 bridgehead atoms. The van der Waals surface area contributed by atoms with Crippen molar-refractivity contribution >= 4 is 71.0 Å². The van der Waals surface area contributed by atoms with E-state index < -0.39 is 151 Å². The molecule has 27 heteroatoms. The quantitative estimate of drug-likeness (QED) is 0.0319. The number of aliphatic hydroxyl groups excluding tert-OH is 2. The third-order valence-electron chi connectivity index (χ3n) is 10.4. The second-order valence-corrected chi connectivity index (χ2v) is 17.5. The number of carboxylic acids is 2. The van der Waals surface area contributed by atoms with Gasteiger partial charge in [0.1, 0.15) is 36.3 Å². The number of rotatable bonds is 30. The Bertz CT molecular complexity index is 1850. The molecule has 27 nitrogen and oxygen atoms in total. The average molecular weight is 972 g/mol. The van der Waals surface area contributed by atoms with Gasteiger partial charge in [-0.2, -0.15) is 0 Å². The van der Waals surface area contributed by atoms with E-state index >= 15 is 0 Å². The van der Waals surface area contributed by atoms with Crippen LogP contribution in [0.3, 0.4) is 0 Å². The van der Waals surface area contributed by atoms with Gasteiger partial charge >= 0.3 is 11.9 Å². The van der Waals surface area contributed by atoms with Gasteiger partial charge in [0.2, 0.25) is 59.1 Å². The zero-order chi connectivity index (χ0) is 52.2. The summed E-state index contributed by atoms with van der Waals surface area (Å²) in [6, 6.07) is -11.9. The van der Waals surface area contributed by atoms with E-state index in [0.29, 0.717) is 6.42 Å². The molecular weight excluding hydrogens is 903 g/mol. The fourth-order valence-electron chi connectivity index (χ4n) is 6.91. The summed E-state index contributed by atoms with van der Waals surface area (Å²) in [5.74, 6) is -12.9. The van der Waals surface area contributed by atoms with Crippen molar-refractivity contribution in [3.63, 3.8) is 0 Å². The summed E-state index contributed by atoms with van der Waals surface area (Å²) in [4.78, 5) is 154. The van der Waals surface area contributed by atoms with Crippen molar-refractivity contribution in [3.8, 4) is 0 Å². The van der Waals surface area contributed by atoms with Gasteiger partial charge in [-0.1, -0.05) is 27.7 Å². The molecule has 0 spiro atoms. The second-order valence-electron chi connectivity index (χ2n) is 17.5. The van der Waals surface area contributed by atoms with Crippen LogP contribution in [0.25, 0.3) is 0 Å². The van der Waals surface area contributed by atoms with Gasteiger partial charge in [-0.3, -0.25) is 52.7 Å². The van der Waals surface area contributed by atoms with E-state index in [-0.39, 0.29) is 56.9 Å². The fourth-order valence-corrected chi connectivity index (χ4v) is 6.91. The smallest absolute Gasteiger partial charge is 0.328 e. The van der Waals surface area contributed by atoms with E-state index in [1.54, 1.807) is 27.7 Å². The average Bonchev–Trinajstić information content (AvgIpc) is 3.72. The fraction of sp³-hybridized carbons (Fsp3) is 0.707. The zero-order valence-corrected chi connectivity index (χ0v) is 39.1. The van der Waals surface area contributed by atoms with Crippen molar-refractivity contribution in [2.24, 2.45) is 29.0 Å². The minimum absolute atomic E-state index is 0.0111. The molecule has 0 aromatic rings. The second kappa shape index (κ2) is 28.6. The minimum atomic E-state index is -1.92. The molecule has 17 N–H and O–H groups in total. The SMILES string of the molecule is CC(C)C[C@H](NC(=O)[C@@H]1CCCN1C(=O)[C@H](CC(C)C)NC(=O)[C@@H](NC(=O)[C@H](CC(=O)O)NC(=O)CNC(=O)[C@H](CCC(N)=O)NC(=O)[C@@H](N)CCC(N)=O)[C@@H](C)O)C(=O)N[C@H](C(=O)O)[C@@H](C)O. The number of carbonyl (C=O) groups excluding carboxylic acids is 10. The predicted octanol–water partition coefficient (Wildman–Crippen LogP) is -5.73. The maximum atomic E-state index is 14.1. The predicted molar refractivity (Wildman–Crippen MR) is 236 cm³/mol. The number of amides is 10. The molecule has 0 radical (unpaired) electrons. The lowest BCUT2D eigenvalue weighted by atomic mass is 10.00. The molecule has 1 heterocycles. The number of aliphatic hydroxyl groups is 2. The van der Waals surface area contributed by atoms with Crippen LogP contribution in [-0.2, 0) is 57.5 Å². The van der Waals surface area contributed by atoms with Gasteiger partial charge in [-0.15, -0.1) is 0 Å². The lowest BCUT2D eigenvalue weighted by molar-refractivity contribution is -0.146. The van der Waals surface area contributed by atoms with Crippen molar-refractivity contribution in [2.45, 2.75) is 160 Å². The number of likely N-dealkylation sites (tertiary alicyclic amines) is 1. The first kappa shape index (κ1) is 59.5. The van der Waals surface area contributed by atoms with Crippen molar-refractivity contribution in [2.75, 3.05) is 13.1 Å². The first-order valence-corrected chi connectivity index (χ1v) is 22.1. The van der Waals surface area contributed by atoms with Crippen LogP contribution in [0.5, 0.6) is 0 Å². The van der Waals surface area contributed by atoms with Crippen LogP contribution < -0.4 is 54.4 Å². The molecule has 10 atom stereocenters.